The summed E-state index contributed by atoms with van der Waals surface area (Å²) >= 11 is 0. The molecule has 6 heteroatoms. The van der Waals surface area contributed by atoms with E-state index in [9.17, 15) is 8.42 Å². The molecule has 1 N–H and O–H groups in total. The predicted molar refractivity (Wildman–Crippen MR) is 78.0 cm³/mol. The SMILES string of the molecule is COCc1cccc(S(=O)(=O)N(C)C2CCNCC2)c1. The first-order chi connectivity index (χ1) is 9.55. The van der Waals surface area contributed by atoms with Gasteiger partial charge in [-0.1, -0.05) is 12.1 Å². The average Bonchev–Trinajstić information content (AvgIpc) is 2.48. The van der Waals surface area contributed by atoms with Crippen molar-refractivity contribution in [1.82, 2.24) is 9.62 Å². The zero-order valence-electron chi connectivity index (χ0n) is 12.0. The van der Waals surface area contributed by atoms with Crippen molar-refractivity contribution in [1.29, 1.82) is 0 Å². The van der Waals surface area contributed by atoms with Crippen LogP contribution in [-0.2, 0) is 21.4 Å². The first-order valence-electron chi connectivity index (χ1n) is 6.82. The van der Waals surface area contributed by atoms with Crippen LogP contribution in [0.25, 0.3) is 0 Å². The summed E-state index contributed by atoms with van der Waals surface area (Å²) in [6, 6.07) is 7.04. The maximum atomic E-state index is 12.7. The maximum Gasteiger partial charge on any atom is 0.243 e. The lowest BCUT2D eigenvalue weighted by Crippen LogP contribution is -2.43. The molecule has 0 unspecified atom stereocenters. The fraction of sp³-hybridized carbons (Fsp3) is 0.571. The molecule has 1 saturated heterocycles. The van der Waals surface area contributed by atoms with E-state index in [1.165, 1.54) is 4.31 Å². The summed E-state index contributed by atoms with van der Waals surface area (Å²) in [4.78, 5) is 0.341. The van der Waals surface area contributed by atoms with Crippen molar-refractivity contribution in [2.24, 2.45) is 0 Å². The van der Waals surface area contributed by atoms with Gasteiger partial charge in [0.15, 0.2) is 0 Å². The quantitative estimate of drug-likeness (QED) is 0.887. The van der Waals surface area contributed by atoms with Crippen molar-refractivity contribution in [3.63, 3.8) is 0 Å². The largest absolute Gasteiger partial charge is 0.380 e. The van der Waals surface area contributed by atoms with Crippen LogP contribution in [0.5, 0.6) is 0 Å². The molecule has 0 amide bonds. The van der Waals surface area contributed by atoms with Gasteiger partial charge in [0, 0.05) is 20.2 Å². The third kappa shape index (κ3) is 3.38. The van der Waals surface area contributed by atoms with E-state index in [4.69, 9.17) is 4.74 Å². The highest BCUT2D eigenvalue weighted by molar-refractivity contribution is 7.89. The molecule has 1 aromatic carbocycles. The second-order valence-electron chi connectivity index (χ2n) is 5.08. The van der Waals surface area contributed by atoms with Crippen molar-refractivity contribution in [2.45, 2.75) is 30.4 Å². The molecule has 5 nitrogen and oxygen atoms in total. The lowest BCUT2D eigenvalue weighted by atomic mass is 10.1. The van der Waals surface area contributed by atoms with Crippen LogP contribution in [0.4, 0.5) is 0 Å². The third-order valence-corrected chi connectivity index (χ3v) is 5.62. The van der Waals surface area contributed by atoms with Crippen LogP contribution in [0.15, 0.2) is 29.2 Å². The summed E-state index contributed by atoms with van der Waals surface area (Å²) in [5, 5.41) is 3.25. The van der Waals surface area contributed by atoms with E-state index < -0.39 is 10.0 Å². The monoisotopic (exact) mass is 298 g/mol. The Balaban J connectivity index is 2.22. The minimum absolute atomic E-state index is 0.0762. The molecule has 1 fully saturated rings. The molecule has 1 heterocycles. The van der Waals surface area contributed by atoms with Crippen molar-refractivity contribution in [3.05, 3.63) is 29.8 Å². The number of piperidine rings is 1. The summed E-state index contributed by atoms with van der Waals surface area (Å²) in [5.41, 5.74) is 0.868. The number of ether oxygens (including phenoxy) is 1. The van der Waals surface area contributed by atoms with Crippen molar-refractivity contribution >= 4 is 10.0 Å². The van der Waals surface area contributed by atoms with Gasteiger partial charge in [-0.15, -0.1) is 0 Å². The van der Waals surface area contributed by atoms with Gasteiger partial charge < -0.3 is 10.1 Å². The molecule has 0 radical (unpaired) electrons. The summed E-state index contributed by atoms with van der Waals surface area (Å²) in [5.74, 6) is 0. The van der Waals surface area contributed by atoms with Crippen molar-refractivity contribution in [3.8, 4) is 0 Å². The molecular formula is C14H22N2O3S. The van der Waals surface area contributed by atoms with Gasteiger partial charge in [0.1, 0.15) is 0 Å². The summed E-state index contributed by atoms with van der Waals surface area (Å²) in [6.07, 6.45) is 1.71. The van der Waals surface area contributed by atoms with Gasteiger partial charge in [-0.05, 0) is 43.6 Å². The first-order valence-corrected chi connectivity index (χ1v) is 8.26. The van der Waals surface area contributed by atoms with Gasteiger partial charge in [-0.3, -0.25) is 0 Å². The van der Waals surface area contributed by atoms with E-state index in [0.29, 0.717) is 11.5 Å². The van der Waals surface area contributed by atoms with Crippen LogP contribution >= 0.6 is 0 Å². The van der Waals surface area contributed by atoms with E-state index in [1.807, 2.05) is 6.07 Å². The van der Waals surface area contributed by atoms with Crippen LogP contribution in [0.2, 0.25) is 0 Å². The molecule has 112 valence electrons. The Labute approximate surface area is 121 Å². The number of hydrogen-bond acceptors (Lipinski definition) is 4. The molecule has 0 bridgehead atoms. The molecule has 1 aliphatic heterocycles. The topological polar surface area (TPSA) is 58.6 Å². The lowest BCUT2D eigenvalue weighted by molar-refractivity contribution is 0.184. The number of rotatable bonds is 5. The Morgan fingerprint density at radius 3 is 2.70 bits per heavy atom. The highest BCUT2D eigenvalue weighted by Gasteiger charge is 2.28. The minimum Gasteiger partial charge on any atom is -0.380 e. The zero-order valence-corrected chi connectivity index (χ0v) is 12.8. The van der Waals surface area contributed by atoms with Gasteiger partial charge in [0.2, 0.25) is 10.0 Å². The number of sulfonamides is 1. The second-order valence-corrected chi connectivity index (χ2v) is 7.08. The van der Waals surface area contributed by atoms with Crippen molar-refractivity contribution < 1.29 is 13.2 Å². The van der Waals surface area contributed by atoms with Crippen LogP contribution < -0.4 is 5.32 Å². The molecule has 0 aliphatic carbocycles. The molecular weight excluding hydrogens is 276 g/mol. The predicted octanol–water partition coefficient (Wildman–Crippen LogP) is 1.21. The van der Waals surface area contributed by atoms with E-state index >= 15 is 0 Å². The summed E-state index contributed by atoms with van der Waals surface area (Å²) < 4.78 is 31.9. The Hall–Kier alpha value is -0.950. The van der Waals surface area contributed by atoms with Gasteiger partial charge in [-0.25, -0.2) is 8.42 Å². The number of hydrogen-bond donors (Lipinski definition) is 1. The van der Waals surface area contributed by atoms with Gasteiger partial charge in [0.25, 0.3) is 0 Å². The summed E-state index contributed by atoms with van der Waals surface area (Å²) in [6.45, 7) is 2.16. The normalized spacial score (nSPS) is 17.6. The Bertz CT molecular complexity index is 539. The fourth-order valence-corrected chi connectivity index (χ4v) is 3.98. The molecule has 2 rings (SSSR count). The third-order valence-electron chi connectivity index (χ3n) is 3.71. The van der Waals surface area contributed by atoms with Crippen LogP contribution in [0.1, 0.15) is 18.4 Å². The molecule has 0 aromatic heterocycles. The van der Waals surface area contributed by atoms with E-state index in [-0.39, 0.29) is 6.04 Å². The van der Waals surface area contributed by atoms with Crippen molar-refractivity contribution in [2.75, 3.05) is 27.2 Å². The number of benzene rings is 1. The summed E-state index contributed by atoms with van der Waals surface area (Å²) in [7, 11) is -0.155. The number of methoxy groups -OCH3 is 1. The van der Waals surface area contributed by atoms with Crippen LogP contribution in [0.3, 0.4) is 0 Å². The van der Waals surface area contributed by atoms with Gasteiger partial charge >= 0.3 is 0 Å². The van der Waals surface area contributed by atoms with E-state index in [2.05, 4.69) is 5.32 Å². The lowest BCUT2D eigenvalue weighted by Gasteiger charge is -2.30. The number of nitrogens with zero attached hydrogens (tertiary/aromatic N) is 1. The van der Waals surface area contributed by atoms with Crippen LogP contribution in [-0.4, -0.2) is 46.0 Å². The Kier molecular flexibility index (Phi) is 5.15. The number of nitrogens with one attached hydrogen (secondary N) is 1. The molecule has 0 spiro atoms. The molecule has 1 aromatic rings. The van der Waals surface area contributed by atoms with Gasteiger partial charge in [0.05, 0.1) is 11.5 Å². The fourth-order valence-electron chi connectivity index (χ4n) is 2.50. The molecule has 0 saturated carbocycles. The molecule has 0 atom stereocenters. The van der Waals surface area contributed by atoms with E-state index in [1.54, 1.807) is 32.4 Å². The Morgan fingerprint density at radius 2 is 2.05 bits per heavy atom. The zero-order chi connectivity index (χ0) is 14.6. The minimum atomic E-state index is -3.43. The highest BCUT2D eigenvalue weighted by atomic mass is 32.2. The second kappa shape index (κ2) is 6.67. The maximum absolute atomic E-state index is 12.7. The molecule has 20 heavy (non-hydrogen) atoms. The first kappa shape index (κ1) is 15.4. The van der Waals surface area contributed by atoms with E-state index in [0.717, 1.165) is 31.5 Å². The van der Waals surface area contributed by atoms with Crippen LogP contribution in [0, 0.1) is 0 Å². The standard InChI is InChI=1S/C14H22N2O3S/c1-16(13-6-8-15-9-7-13)20(17,18)14-5-3-4-12(10-14)11-19-2/h3-5,10,13,15H,6-9,11H2,1-2H3. The Morgan fingerprint density at radius 1 is 1.35 bits per heavy atom. The smallest absolute Gasteiger partial charge is 0.243 e. The highest BCUT2D eigenvalue weighted by Crippen LogP contribution is 2.21. The molecule has 1 aliphatic rings. The van der Waals surface area contributed by atoms with Gasteiger partial charge in [-0.2, -0.15) is 4.31 Å². The average molecular weight is 298 g/mol.